The fraction of sp³-hybridized carbons (Fsp3) is 0.391. The van der Waals surface area contributed by atoms with Crippen LogP contribution in [0.1, 0.15) is 27.9 Å². The summed E-state index contributed by atoms with van der Waals surface area (Å²) in [4.78, 5) is 22.5. The second kappa shape index (κ2) is 9.43. The van der Waals surface area contributed by atoms with Crippen molar-refractivity contribution in [2.24, 2.45) is 0 Å². The fourth-order valence-corrected chi connectivity index (χ4v) is 4.90. The van der Waals surface area contributed by atoms with Crippen molar-refractivity contribution in [1.82, 2.24) is 9.88 Å². The first-order valence-electron chi connectivity index (χ1n) is 10.3. The molecule has 5 nitrogen and oxygen atoms in total. The summed E-state index contributed by atoms with van der Waals surface area (Å²) in [5.41, 5.74) is 3.59. The Kier molecular flexibility index (Phi) is 6.68. The van der Waals surface area contributed by atoms with Crippen LogP contribution in [0.25, 0.3) is 10.2 Å². The first-order valence-corrected chi connectivity index (χ1v) is 11.5. The number of carbonyl (C=O) groups excluding carboxylic acids is 1. The van der Waals surface area contributed by atoms with Crippen molar-refractivity contribution in [2.45, 2.75) is 20.3 Å². The third-order valence-corrected chi connectivity index (χ3v) is 6.89. The summed E-state index contributed by atoms with van der Waals surface area (Å²) in [5, 5.41) is 1.42. The quantitative estimate of drug-likeness (QED) is 0.541. The zero-order valence-electron chi connectivity index (χ0n) is 17.4. The lowest BCUT2D eigenvalue weighted by molar-refractivity contribution is 0.0376. The van der Waals surface area contributed by atoms with E-state index < -0.39 is 0 Å². The number of morpholine rings is 1. The van der Waals surface area contributed by atoms with Gasteiger partial charge in [-0.25, -0.2) is 4.98 Å². The lowest BCUT2D eigenvalue weighted by Crippen LogP contribution is -2.39. The molecular weight excluding hydrogens is 418 g/mol. The highest BCUT2D eigenvalue weighted by molar-refractivity contribution is 7.22. The standard InChI is InChI=1S/C23H26ClN3O2S/c1-16-5-3-6-18(15-16)22(28)27(10-4-9-26-11-13-29-14-12-26)23-25-21-17(2)19(24)7-8-20(21)30-23/h3,5-8,15H,4,9-14H2,1-2H3. The third kappa shape index (κ3) is 4.67. The van der Waals surface area contributed by atoms with Crippen molar-refractivity contribution in [1.29, 1.82) is 0 Å². The van der Waals surface area contributed by atoms with Gasteiger partial charge in [0.05, 0.1) is 23.4 Å². The minimum absolute atomic E-state index is 0.0107. The predicted octanol–water partition coefficient (Wildman–Crippen LogP) is 4.94. The molecule has 30 heavy (non-hydrogen) atoms. The van der Waals surface area contributed by atoms with Crippen LogP contribution in [0.2, 0.25) is 5.02 Å². The Labute approximate surface area is 186 Å². The number of hydrogen-bond donors (Lipinski definition) is 0. The molecule has 3 aromatic rings. The largest absolute Gasteiger partial charge is 0.379 e. The molecule has 1 saturated heterocycles. The van der Waals surface area contributed by atoms with Gasteiger partial charge < -0.3 is 4.74 Å². The van der Waals surface area contributed by atoms with Crippen LogP contribution in [0.3, 0.4) is 0 Å². The van der Waals surface area contributed by atoms with Crippen LogP contribution in [-0.2, 0) is 4.74 Å². The van der Waals surface area contributed by atoms with E-state index in [1.165, 1.54) is 0 Å². The van der Waals surface area contributed by atoms with Crippen molar-refractivity contribution >= 4 is 44.2 Å². The lowest BCUT2D eigenvalue weighted by atomic mass is 10.1. The Bertz CT molecular complexity index is 1050. The predicted molar refractivity (Wildman–Crippen MR) is 124 cm³/mol. The topological polar surface area (TPSA) is 45.7 Å². The van der Waals surface area contributed by atoms with Gasteiger partial charge in [0, 0.05) is 36.8 Å². The molecule has 0 aliphatic carbocycles. The van der Waals surface area contributed by atoms with Crippen molar-refractivity contribution in [3.05, 3.63) is 58.1 Å². The number of nitrogens with zero attached hydrogens (tertiary/aromatic N) is 3. The van der Waals surface area contributed by atoms with Crippen LogP contribution in [0.5, 0.6) is 0 Å². The number of aromatic nitrogens is 1. The van der Waals surface area contributed by atoms with Gasteiger partial charge in [0.25, 0.3) is 5.91 Å². The number of rotatable bonds is 6. The summed E-state index contributed by atoms with van der Waals surface area (Å²) in [6.07, 6.45) is 0.882. The maximum atomic E-state index is 13.4. The minimum Gasteiger partial charge on any atom is -0.379 e. The molecule has 1 aromatic heterocycles. The van der Waals surface area contributed by atoms with Crippen molar-refractivity contribution in [3.8, 4) is 0 Å². The Morgan fingerprint density at radius 2 is 2.03 bits per heavy atom. The molecule has 2 heterocycles. The maximum Gasteiger partial charge on any atom is 0.260 e. The van der Waals surface area contributed by atoms with Gasteiger partial charge in [0.15, 0.2) is 5.13 Å². The van der Waals surface area contributed by atoms with Gasteiger partial charge in [0.2, 0.25) is 0 Å². The number of ether oxygens (including phenoxy) is 1. The number of amides is 1. The number of halogens is 1. The van der Waals surface area contributed by atoms with E-state index in [2.05, 4.69) is 4.90 Å². The second-order valence-corrected chi connectivity index (χ2v) is 9.07. The highest BCUT2D eigenvalue weighted by Gasteiger charge is 2.22. The molecule has 1 aliphatic heterocycles. The number of thiazole rings is 1. The third-order valence-electron chi connectivity index (χ3n) is 5.44. The van der Waals surface area contributed by atoms with Gasteiger partial charge in [-0.3, -0.25) is 14.6 Å². The molecule has 158 valence electrons. The van der Waals surface area contributed by atoms with Crippen LogP contribution in [0.15, 0.2) is 36.4 Å². The van der Waals surface area contributed by atoms with E-state index in [0.717, 1.165) is 65.7 Å². The van der Waals surface area contributed by atoms with Crippen molar-refractivity contribution in [3.63, 3.8) is 0 Å². The van der Waals surface area contributed by atoms with Gasteiger partial charge >= 0.3 is 0 Å². The van der Waals surface area contributed by atoms with E-state index >= 15 is 0 Å². The average Bonchev–Trinajstić information content (AvgIpc) is 3.19. The molecule has 1 aliphatic rings. The molecule has 0 atom stereocenters. The van der Waals surface area contributed by atoms with E-state index in [0.29, 0.717) is 17.1 Å². The van der Waals surface area contributed by atoms with Crippen LogP contribution in [0.4, 0.5) is 5.13 Å². The normalized spacial score (nSPS) is 14.9. The average molecular weight is 444 g/mol. The first kappa shape index (κ1) is 21.2. The smallest absolute Gasteiger partial charge is 0.260 e. The zero-order valence-corrected chi connectivity index (χ0v) is 18.9. The minimum atomic E-state index is -0.0107. The lowest BCUT2D eigenvalue weighted by Gasteiger charge is -2.27. The summed E-state index contributed by atoms with van der Waals surface area (Å²) in [5.74, 6) is -0.0107. The molecule has 2 aromatic carbocycles. The highest BCUT2D eigenvalue weighted by Crippen LogP contribution is 2.34. The van der Waals surface area contributed by atoms with Crippen molar-refractivity contribution < 1.29 is 9.53 Å². The van der Waals surface area contributed by atoms with Gasteiger partial charge in [-0.15, -0.1) is 0 Å². The van der Waals surface area contributed by atoms with E-state index in [4.69, 9.17) is 21.3 Å². The molecule has 0 radical (unpaired) electrons. The molecule has 0 spiro atoms. The van der Waals surface area contributed by atoms with Crippen LogP contribution in [0, 0.1) is 13.8 Å². The number of anilines is 1. The molecule has 0 bridgehead atoms. The van der Waals surface area contributed by atoms with Gasteiger partial charge in [0.1, 0.15) is 0 Å². The molecule has 1 amide bonds. The molecule has 7 heteroatoms. The SMILES string of the molecule is Cc1cccc(C(=O)N(CCCN2CCOCC2)c2nc3c(C)c(Cl)ccc3s2)c1. The number of fused-ring (bicyclic) bond motifs is 1. The van der Waals surface area contributed by atoms with E-state index in [1.807, 2.05) is 55.1 Å². The van der Waals surface area contributed by atoms with Gasteiger partial charge in [-0.2, -0.15) is 0 Å². The van der Waals surface area contributed by atoms with Crippen molar-refractivity contribution in [2.75, 3.05) is 44.3 Å². The van der Waals surface area contributed by atoms with E-state index in [9.17, 15) is 4.79 Å². The molecule has 0 saturated carbocycles. The summed E-state index contributed by atoms with van der Waals surface area (Å²) in [6.45, 7) is 9.00. The Hall–Kier alpha value is -1.99. The number of aryl methyl sites for hydroxylation is 2. The highest BCUT2D eigenvalue weighted by atomic mass is 35.5. The van der Waals surface area contributed by atoms with Gasteiger partial charge in [-0.1, -0.05) is 40.6 Å². The van der Waals surface area contributed by atoms with E-state index in [-0.39, 0.29) is 5.91 Å². The summed E-state index contributed by atoms with van der Waals surface area (Å²) in [6, 6.07) is 11.6. The second-order valence-electron chi connectivity index (χ2n) is 7.65. The number of hydrogen-bond acceptors (Lipinski definition) is 5. The molecule has 4 rings (SSSR count). The van der Waals surface area contributed by atoms with Crippen LogP contribution < -0.4 is 4.90 Å². The Morgan fingerprint density at radius 3 is 2.80 bits per heavy atom. The van der Waals surface area contributed by atoms with Crippen LogP contribution in [-0.4, -0.2) is 55.2 Å². The summed E-state index contributed by atoms with van der Waals surface area (Å²) in [7, 11) is 0. The Morgan fingerprint density at radius 1 is 1.23 bits per heavy atom. The molecule has 0 unspecified atom stereocenters. The summed E-state index contributed by atoms with van der Waals surface area (Å²) < 4.78 is 6.48. The maximum absolute atomic E-state index is 13.4. The van der Waals surface area contributed by atoms with Gasteiger partial charge in [-0.05, 0) is 50.1 Å². The molecular formula is C23H26ClN3O2S. The Balaban J connectivity index is 1.60. The first-order chi connectivity index (χ1) is 14.5. The number of benzene rings is 2. The summed E-state index contributed by atoms with van der Waals surface area (Å²) >= 11 is 7.83. The number of carbonyl (C=O) groups is 1. The molecule has 1 fully saturated rings. The van der Waals surface area contributed by atoms with E-state index in [1.54, 1.807) is 11.3 Å². The molecule has 0 N–H and O–H groups in total. The fourth-order valence-electron chi connectivity index (χ4n) is 3.70. The zero-order chi connectivity index (χ0) is 21.1. The van der Waals surface area contributed by atoms with Crippen LogP contribution >= 0.6 is 22.9 Å². The monoisotopic (exact) mass is 443 g/mol.